The Morgan fingerprint density at radius 3 is 3.00 bits per heavy atom. The van der Waals surface area contributed by atoms with Crippen molar-refractivity contribution in [3.8, 4) is 0 Å². The topological polar surface area (TPSA) is 78.5 Å². The van der Waals surface area contributed by atoms with Crippen LogP contribution in [0.25, 0.3) is 0 Å². The minimum absolute atomic E-state index is 0.335. The SMILES string of the molecule is Cc1c(Cl)cccc1NC(=O)CN1C(=O)N[C@@]2(CCCc3sccc32)C1=O. The fraction of sp³-hybridized carbons (Fsp3) is 0.316. The van der Waals surface area contributed by atoms with Gasteiger partial charge in [0.05, 0.1) is 0 Å². The fourth-order valence-corrected chi connectivity index (χ4v) is 4.94. The summed E-state index contributed by atoms with van der Waals surface area (Å²) in [7, 11) is 0. The summed E-state index contributed by atoms with van der Waals surface area (Å²) in [5, 5.41) is 8.05. The van der Waals surface area contributed by atoms with E-state index in [9.17, 15) is 14.4 Å². The van der Waals surface area contributed by atoms with Gasteiger partial charge in [-0.1, -0.05) is 17.7 Å². The molecule has 27 heavy (non-hydrogen) atoms. The maximum Gasteiger partial charge on any atom is 0.325 e. The largest absolute Gasteiger partial charge is 0.325 e. The van der Waals surface area contributed by atoms with Crippen LogP contribution in [0.2, 0.25) is 5.02 Å². The lowest BCUT2D eigenvalue weighted by molar-refractivity contribution is -0.134. The van der Waals surface area contributed by atoms with Crippen LogP contribution in [0.3, 0.4) is 0 Å². The molecule has 8 heteroatoms. The molecule has 1 aromatic heterocycles. The van der Waals surface area contributed by atoms with Crippen molar-refractivity contribution in [3.63, 3.8) is 0 Å². The molecule has 0 bridgehead atoms. The standard InChI is InChI=1S/C19H18ClN3O3S/c1-11-13(20)4-2-5-14(11)21-16(24)10-23-17(25)19(22-18(23)26)8-3-6-15-12(19)7-9-27-15/h2,4-5,7,9H,3,6,8,10H2,1H3,(H,21,24)(H,22,26)/t19-/m1/s1. The number of thiophene rings is 1. The third kappa shape index (κ3) is 2.91. The molecule has 1 aromatic carbocycles. The lowest BCUT2D eigenvalue weighted by atomic mass is 9.80. The summed E-state index contributed by atoms with van der Waals surface area (Å²) in [5.41, 5.74) is 1.13. The van der Waals surface area contributed by atoms with Gasteiger partial charge in [-0.2, -0.15) is 0 Å². The molecule has 2 N–H and O–H groups in total. The first kappa shape index (κ1) is 18.0. The summed E-state index contributed by atoms with van der Waals surface area (Å²) >= 11 is 7.66. The van der Waals surface area contributed by atoms with Gasteiger partial charge in [-0.25, -0.2) is 4.79 Å². The van der Waals surface area contributed by atoms with Gasteiger partial charge in [0, 0.05) is 21.2 Å². The van der Waals surface area contributed by atoms with Crippen molar-refractivity contribution in [2.75, 3.05) is 11.9 Å². The molecule has 1 aliphatic heterocycles. The molecule has 2 aliphatic rings. The summed E-state index contributed by atoms with van der Waals surface area (Å²) in [5.74, 6) is -0.799. The highest BCUT2D eigenvalue weighted by Crippen LogP contribution is 2.42. The molecule has 1 saturated heterocycles. The highest BCUT2D eigenvalue weighted by atomic mass is 35.5. The van der Waals surface area contributed by atoms with E-state index in [0.29, 0.717) is 17.1 Å². The van der Waals surface area contributed by atoms with Crippen molar-refractivity contribution >= 4 is 46.5 Å². The van der Waals surface area contributed by atoms with E-state index in [1.807, 2.05) is 11.4 Å². The molecule has 1 atom stereocenters. The number of carbonyl (C=O) groups excluding carboxylic acids is 3. The number of urea groups is 1. The van der Waals surface area contributed by atoms with Crippen LogP contribution in [0.1, 0.15) is 28.8 Å². The highest BCUT2D eigenvalue weighted by molar-refractivity contribution is 7.10. The number of hydrogen-bond donors (Lipinski definition) is 2. The summed E-state index contributed by atoms with van der Waals surface area (Å²) in [6, 6.07) is 6.56. The molecule has 0 saturated carbocycles. The Morgan fingerprint density at radius 1 is 1.37 bits per heavy atom. The first-order chi connectivity index (χ1) is 12.9. The van der Waals surface area contributed by atoms with Crippen molar-refractivity contribution in [1.29, 1.82) is 0 Å². The van der Waals surface area contributed by atoms with E-state index in [4.69, 9.17) is 11.6 Å². The molecule has 1 fully saturated rings. The Hall–Kier alpha value is -2.38. The number of amides is 4. The van der Waals surface area contributed by atoms with E-state index in [1.54, 1.807) is 36.5 Å². The van der Waals surface area contributed by atoms with Crippen LogP contribution in [-0.4, -0.2) is 29.3 Å². The number of nitrogens with zero attached hydrogens (tertiary/aromatic N) is 1. The number of halogens is 1. The van der Waals surface area contributed by atoms with Gasteiger partial charge in [0.1, 0.15) is 12.1 Å². The Morgan fingerprint density at radius 2 is 2.19 bits per heavy atom. The van der Waals surface area contributed by atoms with Crippen LogP contribution < -0.4 is 10.6 Å². The zero-order valence-electron chi connectivity index (χ0n) is 14.7. The van der Waals surface area contributed by atoms with Gasteiger partial charge in [0.15, 0.2) is 0 Å². The average molecular weight is 404 g/mol. The minimum Gasteiger partial charge on any atom is -0.324 e. The molecule has 2 heterocycles. The molecular weight excluding hydrogens is 386 g/mol. The maximum atomic E-state index is 13.1. The molecule has 6 nitrogen and oxygen atoms in total. The summed E-state index contributed by atoms with van der Waals surface area (Å²) in [4.78, 5) is 40.2. The summed E-state index contributed by atoms with van der Waals surface area (Å²) < 4.78 is 0. The van der Waals surface area contributed by atoms with Crippen LogP contribution >= 0.6 is 22.9 Å². The Labute approximate surface area is 165 Å². The predicted octanol–water partition coefficient (Wildman–Crippen LogP) is 3.43. The minimum atomic E-state index is -1.03. The second kappa shape index (κ2) is 6.65. The van der Waals surface area contributed by atoms with E-state index < -0.39 is 17.5 Å². The molecule has 1 spiro atoms. The third-order valence-corrected chi connectivity index (χ3v) is 6.57. The van der Waals surface area contributed by atoms with Crippen molar-refractivity contribution in [2.45, 2.75) is 31.7 Å². The van der Waals surface area contributed by atoms with Crippen molar-refractivity contribution < 1.29 is 14.4 Å². The van der Waals surface area contributed by atoms with Gasteiger partial charge in [0.2, 0.25) is 5.91 Å². The van der Waals surface area contributed by atoms with Gasteiger partial charge in [0.25, 0.3) is 5.91 Å². The molecule has 2 aromatic rings. The third-order valence-electron chi connectivity index (χ3n) is 5.18. The van der Waals surface area contributed by atoms with E-state index in [0.717, 1.165) is 33.7 Å². The van der Waals surface area contributed by atoms with Crippen LogP contribution in [0, 0.1) is 6.92 Å². The number of fused-ring (bicyclic) bond motifs is 2. The molecule has 0 unspecified atom stereocenters. The normalized spacial score (nSPS) is 21.3. The van der Waals surface area contributed by atoms with Crippen LogP contribution in [0.5, 0.6) is 0 Å². The quantitative estimate of drug-likeness (QED) is 0.770. The second-order valence-electron chi connectivity index (χ2n) is 6.80. The molecule has 140 valence electrons. The van der Waals surface area contributed by atoms with Crippen molar-refractivity contribution in [2.24, 2.45) is 0 Å². The van der Waals surface area contributed by atoms with E-state index in [-0.39, 0.29) is 12.5 Å². The number of benzene rings is 1. The first-order valence-corrected chi connectivity index (χ1v) is 9.94. The van der Waals surface area contributed by atoms with Crippen molar-refractivity contribution in [3.05, 3.63) is 50.7 Å². The zero-order valence-corrected chi connectivity index (χ0v) is 16.2. The fourth-order valence-electron chi connectivity index (χ4n) is 3.76. The number of aryl methyl sites for hydroxylation is 1. The van der Waals surface area contributed by atoms with E-state index in [1.165, 1.54) is 0 Å². The number of rotatable bonds is 3. The Kier molecular flexibility index (Phi) is 4.44. The summed E-state index contributed by atoms with van der Waals surface area (Å²) in [6.45, 7) is 1.46. The number of nitrogens with one attached hydrogen (secondary N) is 2. The molecule has 0 radical (unpaired) electrons. The van der Waals surface area contributed by atoms with Crippen LogP contribution in [0.15, 0.2) is 29.6 Å². The van der Waals surface area contributed by atoms with Crippen LogP contribution in [-0.2, 0) is 21.5 Å². The Balaban J connectivity index is 1.54. The average Bonchev–Trinajstić information content (AvgIpc) is 3.20. The van der Waals surface area contributed by atoms with Crippen LogP contribution in [0.4, 0.5) is 10.5 Å². The maximum absolute atomic E-state index is 13.1. The highest BCUT2D eigenvalue weighted by Gasteiger charge is 2.54. The van der Waals surface area contributed by atoms with Gasteiger partial charge in [-0.3, -0.25) is 14.5 Å². The van der Waals surface area contributed by atoms with Crippen molar-refractivity contribution in [1.82, 2.24) is 10.2 Å². The van der Waals surface area contributed by atoms with Gasteiger partial charge >= 0.3 is 6.03 Å². The van der Waals surface area contributed by atoms with Gasteiger partial charge in [-0.15, -0.1) is 11.3 Å². The number of carbonyl (C=O) groups is 3. The van der Waals surface area contributed by atoms with Gasteiger partial charge in [-0.05, 0) is 55.3 Å². The molecular formula is C19H18ClN3O3S. The second-order valence-corrected chi connectivity index (χ2v) is 8.21. The smallest absolute Gasteiger partial charge is 0.324 e. The lowest BCUT2D eigenvalue weighted by Gasteiger charge is -2.31. The Bertz CT molecular complexity index is 957. The summed E-state index contributed by atoms with van der Waals surface area (Å²) in [6.07, 6.45) is 2.28. The molecule has 1 aliphatic carbocycles. The zero-order chi connectivity index (χ0) is 19.2. The van der Waals surface area contributed by atoms with E-state index >= 15 is 0 Å². The predicted molar refractivity (Wildman–Crippen MR) is 104 cm³/mol. The monoisotopic (exact) mass is 403 g/mol. The number of hydrogen-bond acceptors (Lipinski definition) is 4. The first-order valence-electron chi connectivity index (χ1n) is 8.68. The molecule has 4 rings (SSSR count). The van der Waals surface area contributed by atoms with Gasteiger partial charge < -0.3 is 10.6 Å². The number of anilines is 1. The van der Waals surface area contributed by atoms with E-state index in [2.05, 4.69) is 10.6 Å². The number of imide groups is 1. The molecule has 4 amide bonds. The lowest BCUT2D eigenvalue weighted by Crippen LogP contribution is -2.46.